The molecule has 0 unspecified atom stereocenters. The van der Waals surface area contributed by atoms with Gasteiger partial charge in [0.05, 0.1) is 0 Å². The molecule has 1 heteroatoms. The van der Waals surface area contributed by atoms with Crippen LogP contribution in [0.15, 0.2) is 158 Å². The molecular formula is C47H32O. The summed E-state index contributed by atoms with van der Waals surface area (Å²) in [6, 6.07) is 57.5. The molecule has 0 N–H and O–H groups in total. The van der Waals surface area contributed by atoms with Crippen LogP contribution in [0.2, 0.25) is 0 Å². The zero-order chi connectivity index (χ0) is 32.0. The van der Waals surface area contributed by atoms with Crippen molar-refractivity contribution in [1.29, 1.82) is 0 Å². The maximum Gasteiger partial charge on any atom is 0.136 e. The summed E-state index contributed by atoms with van der Waals surface area (Å²) < 4.78 is 6.60. The summed E-state index contributed by atoms with van der Waals surface area (Å²) in [5.74, 6) is 1.81. The third kappa shape index (κ3) is 3.91. The molecule has 0 amide bonds. The van der Waals surface area contributed by atoms with Crippen molar-refractivity contribution >= 4 is 21.5 Å². The van der Waals surface area contributed by atoms with E-state index >= 15 is 0 Å². The zero-order valence-electron chi connectivity index (χ0n) is 26.9. The molecule has 0 spiro atoms. The first-order chi connectivity index (χ1) is 23.5. The normalized spacial score (nSPS) is 13.5. The third-order valence-corrected chi connectivity index (χ3v) is 10.7. The van der Waals surface area contributed by atoms with Gasteiger partial charge in [0.15, 0.2) is 0 Å². The van der Waals surface area contributed by atoms with Crippen molar-refractivity contribution in [1.82, 2.24) is 0 Å². The zero-order valence-corrected chi connectivity index (χ0v) is 26.9. The van der Waals surface area contributed by atoms with E-state index in [1.807, 2.05) is 0 Å². The van der Waals surface area contributed by atoms with Crippen molar-refractivity contribution < 1.29 is 4.74 Å². The quantitative estimate of drug-likeness (QED) is 0.193. The Morgan fingerprint density at radius 2 is 1.08 bits per heavy atom. The smallest absolute Gasteiger partial charge is 0.136 e. The van der Waals surface area contributed by atoms with Gasteiger partial charge in [-0.25, -0.2) is 0 Å². The van der Waals surface area contributed by atoms with Crippen molar-refractivity contribution in [3.05, 3.63) is 169 Å². The van der Waals surface area contributed by atoms with Gasteiger partial charge in [-0.05, 0) is 108 Å². The average Bonchev–Trinajstić information content (AvgIpc) is 3.37. The van der Waals surface area contributed by atoms with E-state index in [-0.39, 0.29) is 5.41 Å². The Kier molecular flexibility index (Phi) is 5.69. The van der Waals surface area contributed by atoms with Gasteiger partial charge in [-0.3, -0.25) is 0 Å². The van der Waals surface area contributed by atoms with Gasteiger partial charge in [0.1, 0.15) is 11.5 Å². The fourth-order valence-corrected chi connectivity index (χ4v) is 8.25. The van der Waals surface area contributed by atoms with Crippen LogP contribution in [0.3, 0.4) is 0 Å². The SMILES string of the molecule is CC1(C)c2ccccc2-c2c1cc(-c1ccc(-c3ccc4c(c3)-c3cccc5cc(-c6ccccc6)cc(c35)O4)cc1)c1ccccc21. The van der Waals surface area contributed by atoms with Crippen LogP contribution in [0.25, 0.3) is 77.2 Å². The van der Waals surface area contributed by atoms with E-state index in [1.54, 1.807) is 0 Å². The number of hydrogen-bond donors (Lipinski definition) is 0. The molecule has 48 heavy (non-hydrogen) atoms. The van der Waals surface area contributed by atoms with Crippen LogP contribution in [0.4, 0.5) is 0 Å². The van der Waals surface area contributed by atoms with Crippen LogP contribution in [0, 0.1) is 0 Å². The van der Waals surface area contributed by atoms with Gasteiger partial charge < -0.3 is 4.74 Å². The number of hydrogen-bond acceptors (Lipinski definition) is 1. The molecule has 10 rings (SSSR count). The standard InChI is InChI=1S/C47H32O/c1-47(2)41-18-9-8-16-38(41)46-36-15-7-6-14-35(36)39(28-42(46)47)31-21-19-30(20-22-31)32-23-24-43-40(26-32)37-17-10-13-33-25-34(27-44(48-43)45(33)37)29-11-4-3-5-12-29/h3-28H,1-2H3. The molecule has 1 nitrogen and oxygen atoms in total. The van der Waals surface area contributed by atoms with Crippen molar-refractivity contribution in [3.63, 3.8) is 0 Å². The van der Waals surface area contributed by atoms with Crippen LogP contribution in [0.5, 0.6) is 11.5 Å². The van der Waals surface area contributed by atoms with Gasteiger partial charge in [0.2, 0.25) is 0 Å². The van der Waals surface area contributed by atoms with Crippen molar-refractivity contribution in [3.8, 4) is 67.1 Å². The van der Waals surface area contributed by atoms with Crippen LogP contribution < -0.4 is 4.74 Å². The number of ether oxygens (including phenoxy) is 1. The molecule has 0 aromatic heterocycles. The van der Waals surface area contributed by atoms with E-state index in [2.05, 4.69) is 172 Å². The van der Waals surface area contributed by atoms with Crippen LogP contribution in [-0.2, 0) is 5.41 Å². The largest absolute Gasteiger partial charge is 0.456 e. The minimum atomic E-state index is -0.0551. The lowest BCUT2D eigenvalue weighted by Gasteiger charge is -2.23. The summed E-state index contributed by atoms with van der Waals surface area (Å²) in [7, 11) is 0. The average molecular weight is 613 g/mol. The minimum absolute atomic E-state index is 0.0551. The van der Waals surface area contributed by atoms with Gasteiger partial charge in [-0.15, -0.1) is 0 Å². The first-order valence-corrected chi connectivity index (χ1v) is 16.8. The molecule has 0 radical (unpaired) electrons. The highest BCUT2D eigenvalue weighted by atomic mass is 16.5. The summed E-state index contributed by atoms with van der Waals surface area (Å²) >= 11 is 0. The van der Waals surface area contributed by atoms with Crippen LogP contribution in [0.1, 0.15) is 25.0 Å². The van der Waals surface area contributed by atoms with E-state index in [9.17, 15) is 0 Å². The maximum absolute atomic E-state index is 6.60. The molecule has 0 saturated heterocycles. The number of benzene rings is 8. The lowest BCUT2D eigenvalue weighted by atomic mass is 9.80. The topological polar surface area (TPSA) is 9.23 Å². The molecular weight excluding hydrogens is 581 g/mol. The number of rotatable bonds is 3. The predicted octanol–water partition coefficient (Wildman–Crippen LogP) is 13.1. The Morgan fingerprint density at radius 3 is 1.94 bits per heavy atom. The summed E-state index contributed by atoms with van der Waals surface area (Å²) in [5, 5.41) is 4.99. The summed E-state index contributed by atoms with van der Waals surface area (Å²) in [4.78, 5) is 0. The minimum Gasteiger partial charge on any atom is -0.456 e. The molecule has 1 aliphatic carbocycles. The van der Waals surface area contributed by atoms with Crippen LogP contribution >= 0.6 is 0 Å². The second kappa shape index (κ2) is 10.0. The molecule has 0 bridgehead atoms. The Balaban J connectivity index is 1.05. The maximum atomic E-state index is 6.60. The Labute approximate surface area is 280 Å². The molecule has 0 fully saturated rings. The Bertz CT molecular complexity index is 2590. The van der Waals surface area contributed by atoms with E-state index in [4.69, 9.17) is 4.74 Å². The van der Waals surface area contributed by atoms with E-state index < -0.39 is 0 Å². The predicted molar refractivity (Wildman–Crippen MR) is 201 cm³/mol. The summed E-state index contributed by atoms with van der Waals surface area (Å²) in [6.45, 7) is 4.72. The fourth-order valence-electron chi connectivity index (χ4n) is 8.25. The first kappa shape index (κ1) is 27.2. The highest BCUT2D eigenvalue weighted by Crippen LogP contribution is 2.53. The lowest BCUT2D eigenvalue weighted by Crippen LogP contribution is -2.15. The fraction of sp³-hybridized carbons (Fsp3) is 0.0638. The summed E-state index contributed by atoms with van der Waals surface area (Å²) in [6.07, 6.45) is 0. The van der Waals surface area contributed by atoms with Gasteiger partial charge in [0.25, 0.3) is 0 Å². The second-order valence-corrected chi connectivity index (χ2v) is 13.7. The molecule has 1 heterocycles. The highest BCUT2D eigenvalue weighted by molar-refractivity contribution is 6.09. The van der Waals surface area contributed by atoms with Gasteiger partial charge in [0, 0.05) is 16.4 Å². The Hall–Kier alpha value is -5.92. The van der Waals surface area contributed by atoms with E-state index in [0.717, 1.165) is 17.1 Å². The molecule has 2 aliphatic rings. The van der Waals surface area contributed by atoms with Gasteiger partial charge in [-0.2, -0.15) is 0 Å². The van der Waals surface area contributed by atoms with E-state index in [0.29, 0.717) is 0 Å². The molecule has 8 aromatic rings. The van der Waals surface area contributed by atoms with Crippen molar-refractivity contribution in [2.24, 2.45) is 0 Å². The molecule has 8 aromatic carbocycles. The van der Waals surface area contributed by atoms with Gasteiger partial charge in [-0.1, -0.05) is 141 Å². The molecule has 226 valence electrons. The lowest BCUT2D eigenvalue weighted by molar-refractivity contribution is 0.487. The van der Waals surface area contributed by atoms with E-state index in [1.165, 1.54) is 82.7 Å². The number of fused-ring (bicyclic) bond motifs is 7. The van der Waals surface area contributed by atoms with Gasteiger partial charge >= 0.3 is 0 Å². The van der Waals surface area contributed by atoms with Crippen molar-refractivity contribution in [2.45, 2.75) is 19.3 Å². The second-order valence-electron chi connectivity index (χ2n) is 13.7. The first-order valence-electron chi connectivity index (χ1n) is 16.8. The highest BCUT2D eigenvalue weighted by Gasteiger charge is 2.37. The summed E-state index contributed by atoms with van der Waals surface area (Å²) in [5.41, 5.74) is 15.1. The van der Waals surface area contributed by atoms with Crippen LogP contribution in [-0.4, -0.2) is 0 Å². The molecule has 1 aliphatic heterocycles. The molecule has 0 atom stereocenters. The Morgan fingerprint density at radius 1 is 0.396 bits per heavy atom. The van der Waals surface area contributed by atoms with Crippen molar-refractivity contribution in [2.75, 3.05) is 0 Å². The molecule has 0 saturated carbocycles. The third-order valence-electron chi connectivity index (χ3n) is 10.7. The monoisotopic (exact) mass is 612 g/mol.